The second-order valence-electron chi connectivity index (χ2n) is 6.40. The molecule has 7 nitrogen and oxygen atoms in total. The SMILES string of the molecule is COc1cccc(C(=O)CSc2nnc([C@@H](C)NC(=O)c3ccccc3)n2C)c1. The molecule has 150 valence electrons. The highest BCUT2D eigenvalue weighted by Gasteiger charge is 2.19. The fraction of sp³-hybridized carbons (Fsp3) is 0.238. The van der Waals surface area contributed by atoms with Crippen molar-refractivity contribution in [1.82, 2.24) is 20.1 Å². The van der Waals surface area contributed by atoms with Crippen molar-refractivity contribution in [3.63, 3.8) is 0 Å². The molecule has 0 unspecified atom stereocenters. The van der Waals surface area contributed by atoms with Crippen LogP contribution in [0.4, 0.5) is 0 Å². The molecular weight excluding hydrogens is 388 g/mol. The molecule has 0 saturated carbocycles. The normalized spacial score (nSPS) is 11.7. The molecular formula is C21H22N4O3S. The second-order valence-corrected chi connectivity index (χ2v) is 7.35. The summed E-state index contributed by atoms with van der Waals surface area (Å²) < 4.78 is 6.95. The van der Waals surface area contributed by atoms with E-state index in [0.29, 0.717) is 27.9 Å². The number of nitrogens with one attached hydrogen (secondary N) is 1. The van der Waals surface area contributed by atoms with Gasteiger partial charge in [-0.2, -0.15) is 0 Å². The van der Waals surface area contributed by atoms with Crippen molar-refractivity contribution >= 4 is 23.5 Å². The molecule has 8 heteroatoms. The Balaban J connectivity index is 1.62. The molecule has 0 aliphatic carbocycles. The van der Waals surface area contributed by atoms with Crippen molar-refractivity contribution in [2.24, 2.45) is 7.05 Å². The van der Waals surface area contributed by atoms with E-state index < -0.39 is 0 Å². The van der Waals surface area contributed by atoms with Gasteiger partial charge in [0, 0.05) is 18.2 Å². The topological polar surface area (TPSA) is 86.1 Å². The van der Waals surface area contributed by atoms with Crippen LogP contribution in [0.5, 0.6) is 5.75 Å². The van der Waals surface area contributed by atoms with Gasteiger partial charge >= 0.3 is 0 Å². The molecule has 1 aromatic heterocycles. The second kappa shape index (κ2) is 9.38. The molecule has 1 heterocycles. The molecule has 1 amide bonds. The molecule has 0 aliphatic heterocycles. The van der Waals surface area contributed by atoms with Crippen LogP contribution in [-0.2, 0) is 7.05 Å². The Morgan fingerprint density at radius 1 is 1.10 bits per heavy atom. The Labute approximate surface area is 173 Å². The van der Waals surface area contributed by atoms with Gasteiger partial charge in [-0.05, 0) is 31.2 Å². The van der Waals surface area contributed by atoms with Gasteiger partial charge in [0.05, 0.1) is 18.9 Å². The van der Waals surface area contributed by atoms with Crippen LogP contribution in [0.25, 0.3) is 0 Å². The fourth-order valence-corrected chi connectivity index (χ4v) is 3.59. The monoisotopic (exact) mass is 410 g/mol. The zero-order chi connectivity index (χ0) is 20.8. The Morgan fingerprint density at radius 2 is 1.83 bits per heavy atom. The molecule has 0 aliphatic rings. The van der Waals surface area contributed by atoms with Gasteiger partial charge in [0.15, 0.2) is 16.8 Å². The number of thioether (sulfide) groups is 1. The quantitative estimate of drug-likeness (QED) is 0.453. The number of hydrogen-bond donors (Lipinski definition) is 1. The van der Waals surface area contributed by atoms with Crippen molar-refractivity contribution in [3.05, 3.63) is 71.5 Å². The van der Waals surface area contributed by atoms with Crippen molar-refractivity contribution in [2.45, 2.75) is 18.1 Å². The Bertz CT molecular complexity index is 1000. The minimum atomic E-state index is -0.330. The molecule has 0 bridgehead atoms. The van der Waals surface area contributed by atoms with Crippen LogP contribution in [0, 0.1) is 0 Å². The number of nitrogens with zero attached hydrogens (tertiary/aromatic N) is 3. The number of methoxy groups -OCH3 is 1. The number of carbonyl (C=O) groups is 2. The summed E-state index contributed by atoms with van der Waals surface area (Å²) in [6.07, 6.45) is 0. The van der Waals surface area contributed by atoms with Crippen LogP contribution >= 0.6 is 11.8 Å². The summed E-state index contributed by atoms with van der Waals surface area (Å²) in [6.45, 7) is 1.85. The number of carbonyl (C=O) groups excluding carboxylic acids is 2. The lowest BCUT2D eigenvalue weighted by atomic mass is 10.1. The molecule has 0 fully saturated rings. The first-order valence-electron chi connectivity index (χ1n) is 9.05. The molecule has 0 radical (unpaired) electrons. The fourth-order valence-electron chi connectivity index (χ4n) is 2.77. The number of ketones is 1. The third kappa shape index (κ3) is 5.03. The molecule has 0 saturated heterocycles. The summed E-state index contributed by atoms with van der Waals surface area (Å²) in [5, 5.41) is 11.9. The van der Waals surface area contributed by atoms with Gasteiger partial charge in [0.1, 0.15) is 5.75 Å². The van der Waals surface area contributed by atoms with Crippen LogP contribution in [0.15, 0.2) is 59.8 Å². The van der Waals surface area contributed by atoms with E-state index in [0.717, 1.165) is 0 Å². The number of hydrogen-bond acceptors (Lipinski definition) is 6. The standard InChI is InChI=1S/C21H22N4O3S/c1-14(22-20(27)15-8-5-4-6-9-15)19-23-24-21(25(19)2)29-13-18(26)16-10-7-11-17(12-16)28-3/h4-12,14H,13H2,1-3H3,(H,22,27)/t14-/m1/s1. The highest BCUT2D eigenvalue weighted by molar-refractivity contribution is 7.99. The van der Waals surface area contributed by atoms with Gasteiger partial charge in [0.2, 0.25) is 0 Å². The van der Waals surface area contributed by atoms with Gasteiger partial charge in [-0.25, -0.2) is 0 Å². The lowest BCUT2D eigenvalue weighted by Crippen LogP contribution is -2.28. The number of ether oxygens (including phenoxy) is 1. The van der Waals surface area contributed by atoms with Crippen LogP contribution in [-0.4, -0.2) is 39.3 Å². The summed E-state index contributed by atoms with van der Waals surface area (Å²) in [7, 11) is 3.38. The zero-order valence-corrected chi connectivity index (χ0v) is 17.3. The van der Waals surface area contributed by atoms with E-state index in [4.69, 9.17) is 4.74 Å². The largest absolute Gasteiger partial charge is 0.497 e. The number of amides is 1. The number of Topliss-reactive ketones (excluding diaryl/α,β-unsaturated/α-hetero) is 1. The van der Waals surface area contributed by atoms with E-state index in [9.17, 15) is 9.59 Å². The first-order chi connectivity index (χ1) is 14.0. The summed E-state index contributed by atoms with van der Waals surface area (Å²) in [4.78, 5) is 24.8. The Morgan fingerprint density at radius 3 is 2.55 bits per heavy atom. The van der Waals surface area contributed by atoms with Crippen LogP contribution in [0.3, 0.4) is 0 Å². The van der Waals surface area contributed by atoms with Crippen LogP contribution < -0.4 is 10.1 Å². The van der Waals surface area contributed by atoms with Gasteiger partial charge in [-0.15, -0.1) is 10.2 Å². The minimum absolute atomic E-state index is 0.0242. The highest BCUT2D eigenvalue weighted by Crippen LogP contribution is 2.21. The maximum atomic E-state index is 12.4. The molecule has 3 aromatic rings. The molecule has 0 spiro atoms. The maximum absolute atomic E-state index is 12.4. The number of benzene rings is 2. The number of aromatic nitrogens is 3. The summed E-state index contributed by atoms with van der Waals surface area (Å²) in [5.74, 6) is 1.28. The molecule has 1 N–H and O–H groups in total. The van der Waals surface area contributed by atoms with Crippen molar-refractivity contribution < 1.29 is 14.3 Å². The minimum Gasteiger partial charge on any atom is -0.497 e. The predicted molar refractivity (Wildman–Crippen MR) is 111 cm³/mol. The third-order valence-corrected chi connectivity index (χ3v) is 5.38. The summed E-state index contributed by atoms with van der Waals surface area (Å²) in [6, 6.07) is 15.7. The summed E-state index contributed by atoms with van der Waals surface area (Å²) >= 11 is 1.30. The molecule has 2 aromatic carbocycles. The average Bonchev–Trinajstić information content (AvgIpc) is 3.13. The lowest BCUT2D eigenvalue weighted by Gasteiger charge is -2.13. The molecule has 29 heavy (non-hydrogen) atoms. The number of rotatable bonds is 8. The molecule has 1 atom stereocenters. The van der Waals surface area contributed by atoms with E-state index in [1.807, 2.05) is 32.2 Å². The van der Waals surface area contributed by atoms with Crippen molar-refractivity contribution in [2.75, 3.05) is 12.9 Å². The smallest absolute Gasteiger partial charge is 0.251 e. The lowest BCUT2D eigenvalue weighted by molar-refractivity contribution is 0.0937. The first kappa shape index (κ1) is 20.6. The van der Waals surface area contributed by atoms with E-state index in [1.54, 1.807) is 48.1 Å². The van der Waals surface area contributed by atoms with E-state index in [1.165, 1.54) is 11.8 Å². The van der Waals surface area contributed by atoms with Crippen LogP contribution in [0.1, 0.15) is 39.5 Å². The Hall–Kier alpha value is -3.13. The van der Waals surface area contributed by atoms with Gasteiger partial charge in [-0.1, -0.05) is 42.1 Å². The first-order valence-corrected chi connectivity index (χ1v) is 10.0. The van der Waals surface area contributed by atoms with Gasteiger partial charge in [-0.3, -0.25) is 9.59 Å². The van der Waals surface area contributed by atoms with E-state index >= 15 is 0 Å². The third-order valence-electron chi connectivity index (χ3n) is 4.36. The van der Waals surface area contributed by atoms with Crippen molar-refractivity contribution in [3.8, 4) is 5.75 Å². The zero-order valence-electron chi connectivity index (χ0n) is 16.5. The van der Waals surface area contributed by atoms with E-state index in [2.05, 4.69) is 15.5 Å². The van der Waals surface area contributed by atoms with Gasteiger partial charge in [0.25, 0.3) is 5.91 Å². The highest BCUT2D eigenvalue weighted by atomic mass is 32.2. The van der Waals surface area contributed by atoms with E-state index in [-0.39, 0.29) is 23.5 Å². The summed E-state index contributed by atoms with van der Waals surface area (Å²) in [5.41, 5.74) is 1.17. The maximum Gasteiger partial charge on any atom is 0.251 e. The Kier molecular flexibility index (Phi) is 6.66. The average molecular weight is 410 g/mol. The predicted octanol–water partition coefficient (Wildman–Crippen LogP) is 3.29. The van der Waals surface area contributed by atoms with Gasteiger partial charge < -0.3 is 14.6 Å². The molecule has 3 rings (SSSR count). The van der Waals surface area contributed by atoms with Crippen molar-refractivity contribution in [1.29, 1.82) is 0 Å². The van der Waals surface area contributed by atoms with Crippen LogP contribution in [0.2, 0.25) is 0 Å².